The molecule has 0 saturated carbocycles. The number of fused-ring (bicyclic) bond motifs is 2. The van der Waals surface area contributed by atoms with Crippen LogP contribution in [0.15, 0.2) is 18.2 Å². The fraction of sp³-hybridized carbons (Fsp3) is 0.586. The van der Waals surface area contributed by atoms with E-state index in [0.29, 0.717) is 75.7 Å². The molecule has 2 N–H and O–H groups in total. The van der Waals surface area contributed by atoms with E-state index in [9.17, 15) is 14.4 Å². The number of hydrogen-bond donors (Lipinski definition) is 2. The van der Waals surface area contributed by atoms with Crippen molar-refractivity contribution in [2.24, 2.45) is 5.92 Å². The van der Waals surface area contributed by atoms with Gasteiger partial charge in [0.15, 0.2) is 5.69 Å². The Kier molecular flexibility index (Phi) is 8.12. The molecule has 3 amide bonds. The van der Waals surface area contributed by atoms with Gasteiger partial charge in [0.1, 0.15) is 0 Å². The van der Waals surface area contributed by atoms with Crippen LogP contribution < -0.4 is 10.6 Å². The van der Waals surface area contributed by atoms with E-state index in [1.54, 1.807) is 0 Å². The minimum Gasteiger partial charge on any atom is -0.372 e. The van der Waals surface area contributed by atoms with Gasteiger partial charge in [0.05, 0.1) is 13.2 Å². The van der Waals surface area contributed by atoms with Crippen molar-refractivity contribution in [2.75, 3.05) is 19.6 Å². The SMILES string of the molecule is CC(C)CCn1nc2c3c1CCC(C3)NC(=O)CCCN(C(=O)c1cccc3c1COC3)CCCNC2=O. The minimum absolute atomic E-state index is 0.00655. The average Bonchev–Trinajstić information content (AvgIpc) is 3.52. The first-order chi connectivity index (χ1) is 18.4. The summed E-state index contributed by atoms with van der Waals surface area (Å²) in [6.07, 6.45) is 4.82. The summed E-state index contributed by atoms with van der Waals surface area (Å²) in [7, 11) is 0. The lowest BCUT2D eigenvalue weighted by molar-refractivity contribution is -0.122. The van der Waals surface area contributed by atoms with Crippen LogP contribution in [0.4, 0.5) is 0 Å². The van der Waals surface area contributed by atoms with E-state index in [4.69, 9.17) is 9.84 Å². The van der Waals surface area contributed by atoms with Crippen LogP contribution in [0.2, 0.25) is 0 Å². The number of ether oxygens (including phenoxy) is 1. The molecule has 1 aromatic heterocycles. The van der Waals surface area contributed by atoms with Crippen molar-refractivity contribution in [1.82, 2.24) is 25.3 Å². The molecule has 0 spiro atoms. The highest BCUT2D eigenvalue weighted by Gasteiger charge is 2.30. The molecular formula is C29H39N5O4. The van der Waals surface area contributed by atoms with Gasteiger partial charge in [-0.15, -0.1) is 0 Å². The second kappa shape index (κ2) is 11.7. The highest BCUT2D eigenvalue weighted by atomic mass is 16.5. The van der Waals surface area contributed by atoms with Gasteiger partial charge in [0, 0.05) is 55.5 Å². The van der Waals surface area contributed by atoms with Crippen LogP contribution in [0, 0.1) is 5.92 Å². The Labute approximate surface area is 224 Å². The summed E-state index contributed by atoms with van der Waals surface area (Å²) in [5.41, 5.74) is 5.25. The molecule has 0 radical (unpaired) electrons. The van der Waals surface area contributed by atoms with Gasteiger partial charge >= 0.3 is 0 Å². The molecule has 3 heterocycles. The number of rotatable bonds is 4. The predicted octanol–water partition coefficient (Wildman–Crippen LogP) is 2.99. The van der Waals surface area contributed by atoms with Crippen LogP contribution in [0.1, 0.15) is 89.2 Å². The monoisotopic (exact) mass is 521 g/mol. The Morgan fingerprint density at radius 3 is 2.82 bits per heavy atom. The lowest BCUT2D eigenvalue weighted by Crippen LogP contribution is -2.40. The van der Waals surface area contributed by atoms with E-state index in [1.165, 1.54) is 0 Å². The molecule has 38 heavy (non-hydrogen) atoms. The number of amides is 3. The van der Waals surface area contributed by atoms with Crippen LogP contribution in [0.3, 0.4) is 0 Å². The molecule has 1 atom stereocenters. The fourth-order valence-corrected chi connectivity index (χ4v) is 5.73. The van der Waals surface area contributed by atoms with Crippen molar-refractivity contribution in [1.29, 1.82) is 0 Å². The topological polar surface area (TPSA) is 106 Å². The van der Waals surface area contributed by atoms with Crippen molar-refractivity contribution in [2.45, 2.75) is 84.6 Å². The van der Waals surface area contributed by atoms with Crippen molar-refractivity contribution in [3.05, 3.63) is 51.8 Å². The molecule has 9 nitrogen and oxygen atoms in total. The van der Waals surface area contributed by atoms with Gasteiger partial charge in [-0.3, -0.25) is 19.1 Å². The molecule has 1 unspecified atom stereocenters. The molecule has 2 aliphatic heterocycles. The molecule has 2 aromatic rings. The molecule has 1 aromatic carbocycles. The van der Waals surface area contributed by atoms with E-state index in [-0.39, 0.29) is 23.8 Å². The highest BCUT2D eigenvalue weighted by Crippen LogP contribution is 2.27. The largest absolute Gasteiger partial charge is 0.372 e. The third kappa shape index (κ3) is 5.77. The van der Waals surface area contributed by atoms with Crippen molar-refractivity contribution in [3.63, 3.8) is 0 Å². The summed E-state index contributed by atoms with van der Waals surface area (Å²) >= 11 is 0. The van der Waals surface area contributed by atoms with E-state index in [0.717, 1.165) is 48.2 Å². The molecular weight excluding hydrogens is 482 g/mol. The van der Waals surface area contributed by atoms with Crippen LogP contribution in [0.25, 0.3) is 0 Å². The lowest BCUT2D eigenvalue weighted by Gasteiger charge is -2.25. The zero-order valence-electron chi connectivity index (χ0n) is 22.6. The third-order valence-electron chi connectivity index (χ3n) is 7.86. The first-order valence-corrected chi connectivity index (χ1v) is 14.0. The maximum absolute atomic E-state index is 13.6. The Morgan fingerprint density at radius 2 is 1.97 bits per heavy atom. The number of hydrogen-bond acceptors (Lipinski definition) is 5. The molecule has 5 rings (SSSR count). The maximum Gasteiger partial charge on any atom is 0.272 e. The van der Waals surface area contributed by atoms with Crippen LogP contribution in [-0.4, -0.2) is 58.1 Å². The van der Waals surface area contributed by atoms with Gasteiger partial charge in [-0.1, -0.05) is 26.0 Å². The third-order valence-corrected chi connectivity index (χ3v) is 7.86. The number of nitrogens with one attached hydrogen (secondary N) is 2. The van der Waals surface area contributed by atoms with Crippen molar-refractivity contribution < 1.29 is 19.1 Å². The Bertz CT molecular complexity index is 1200. The second-order valence-electron chi connectivity index (χ2n) is 11.1. The quantitative estimate of drug-likeness (QED) is 0.644. The van der Waals surface area contributed by atoms with Gasteiger partial charge in [0.25, 0.3) is 11.8 Å². The maximum atomic E-state index is 13.6. The van der Waals surface area contributed by atoms with Gasteiger partial charge in [-0.25, -0.2) is 0 Å². The second-order valence-corrected chi connectivity index (χ2v) is 11.1. The molecule has 0 saturated heterocycles. The Morgan fingerprint density at radius 1 is 1.13 bits per heavy atom. The molecule has 9 heteroatoms. The van der Waals surface area contributed by atoms with Crippen molar-refractivity contribution in [3.8, 4) is 0 Å². The van der Waals surface area contributed by atoms with Gasteiger partial charge in [-0.05, 0) is 61.6 Å². The molecule has 3 aliphatic rings. The van der Waals surface area contributed by atoms with Crippen LogP contribution >= 0.6 is 0 Å². The summed E-state index contributed by atoms with van der Waals surface area (Å²) in [5.74, 6) is 0.314. The normalized spacial score (nSPS) is 20.4. The van der Waals surface area contributed by atoms with Gasteiger partial charge < -0.3 is 20.3 Å². The fourth-order valence-electron chi connectivity index (χ4n) is 5.73. The number of carbonyl (C=O) groups excluding carboxylic acids is 3. The van der Waals surface area contributed by atoms with Gasteiger partial charge in [0.2, 0.25) is 5.91 Å². The number of aromatic nitrogens is 2. The molecule has 1 aliphatic carbocycles. The van der Waals surface area contributed by atoms with Crippen LogP contribution in [-0.2, 0) is 42.1 Å². The van der Waals surface area contributed by atoms with E-state index in [1.807, 2.05) is 27.8 Å². The van der Waals surface area contributed by atoms with Crippen molar-refractivity contribution >= 4 is 17.7 Å². The summed E-state index contributed by atoms with van der Waals surface area (Å²) in [6.45, 7) is 7.57. The number of benzene rings is 1. The smallest absolute Gasteiger partial charge is 0.272 e. The standard InChI is InChI=1S/C29H39N5O4/c1-19(2)11-15-34-25-10-9-21-16-23(25)27(32-34)28(36)30-12-5-14-33(13-4-8-26(35)31-21)29(37)22-7-3-6-20-17-38-18-24(20)22/h3,6-7,19,21H,4-5,8-18H2,1-2H3,(H,30,36)(H,31,35). The van der Waals surface area contributed by atoms with E-state index in [2.05, 4.69) is 24.5 Å². The first kappa shape index (κ1) is 26.4. The highest BCUT2D eigenvalue weighted by molar-refractivity contribution is 5.96. The Hall–Kier alpha value is -3.20. The lowest BCUT2D eigenvalue weighted by atomic mass is 9.91. The average molecular weight is 522 g/mol. The van der Waals surface area contributed by atoms with Crippen LogP contribution in [0.5, 0.6) is 0 Å². The number of aryl methyl sites for hydroxylation is 1. The summed E-state index contributed by atoms with van der Waals surface area (Å²) in [4.78, 5) is 41.4. The predicted molar refractivity (Wildman–Crippen MR) is 143 cm³/mol. The summed E-state index contributed by atoms with van der Waals surface area (Å²) < 4.78 is 7.58. The zero-order chi connectivity index (χ0) is 26.6. The van der Waals surface area contributed by atoms with Gasteiger partial charge in [-0.2, -0.15) is 5.10 Å². The zero-order valence-corrected chi connectivity index (χ0v) is 22.6. The molecule has 0 fully saturated rings. The van der Waals surface area contributed by atoms with E-state index < -0.39 is 0 Å². The minimum atomic E-state index is -0.178. The summed E-state index contributed by atoms with van der Waals surface area (Å²) in [6, 6.07) is 5.74. The number of nitrogens with zero attached hydrogens (tertiary/aromatic N) is 3. The molecule has 204 valence electrons. The molecule has 2 bridgehead atoms. The summed E-state index contributed by atoms with van der Waals surface area (Å²) in [5, 5.41) is 11.0. The number of carbonyl (C=O) groups is 3. The van der Waals surface area contributed by atoms with E-state index >= 15 is 0 Å². The Balaban J connectivity index is 1.34. The first-order valence-electron chi connectivity index (χ1n) is 14.0.